The van der Waals surface area contributed by atoms with E-state index in [1.807, 2.05) is 84.9 Å². The molecule has 0 saturated heterocycles. The SMILES string of the molecule is CC(O)(Cc1cccc2ccccc12)CN(CC(C)(O)Cc1cccc2ccccc12)C(=O)C1(C(N)=O)CC1. The Bertz CT molecular complexity index is 1430. The van der Waals surface area contributed by atoms with Crippen LogP contribution in [0.25, 0.3) is 21.5 Å². The van der Waals surface area contributed by atoms with Gasteiger partial charge >= 0.3 is 0 Å². The van der Waals surface area contributed by atoms with Crippen molar-refractivity contribution in [3.63, 3.8) is 0 Å². The molecule has 1 fully saturated rings. The Morgan fingerprint density at radius 2 is 1.15 bits per heavy atom. The number of aliphatic hydroxyl groups is 2. The maximum Gasteiger partial charge on any atom is 0.238 e. The first-order valence-corrected chi connectivity index (χ1v) is 13.5. The molecule has 1 saturated carbocycles. The van der Waals surface area contributed by atoms with Crippen LogP contribution in [0.3, 0.4) is 0 Å². The normalized spacial score (nSPS) is 17.3. The molecular weight excluding hydrogens is 488 g/mol. The van der Waals surface area contributed by atoms with Gasteiger partial charge in [-0.1, -0.05) is 84.9 Å². The maximum atomic E-state index is 13.8. The number of hydrogen-bond donors (Lipinski definition) is 3. The first-order valence-electron chi connectivity index (χ1n) is 13.5. The van der Waals surface area contributed by atoms with Crippen molar-refractivity contribution in [2.45, 2.75) is 50.7 Å². The van der Waals surface area contributed by atoms with Crippen LogP contribution >= 0.6 is 0 Å². The lowest BCUT2D eigenvalue weighted by Crippen LogP contribution is -2.55. The maximum absolute atomic E-state index is 13.8. The predicted molar refractivity (Wildman–Crippen MR) is 154 cm³/mol. The summed E-state index contributed by atoms with van der Waals surface area (Å²) in [5.74, 6) is -1.08. The molecule has 0 spiro atoms. The van der Waals surface area contributed by atoms with Gasteiger partial charge in [0.2, 0.25) is 11.8 Å². The molecular formula is C33H36N2O4. The summed E-state index contributed by atoms with van der Waals surface area (Å²) in [5.41, 5.74) is 3.69. The van der Waals surface area contributed by atoms with Crippen molar-refractivity contribution >= 4 is 33.4 Å². The van der Waals surface area contributed by atoms with Gasteiger partial charge in [-0.15, -0.1) is 0 Å². The van der Waals surface area contributed by atoms with E-state index in [0.29, 0.717) is 25.7 Å². The van der Waals surface area contributed by atoms with Gasteiger partial charge in [-0.05, 0) is 59.4 Å². The van der Waals surface area contributed by atoms with Crippen molar-refractivity contribution in [3.8, 4) is 0 Å². The summed E-state index contributed by atoms with van der Waals surface area (Å²) in [6.07, 6.45) is 1.36. The van der Waals surface area contributed by atoms with Crippen molar-refractivity contribution in [1.82, 2.24) is 4.90 Å². The van der Waals surface area contributed by atoms with Gasteiger partial charge in [0, 0.05) is 25.9 Å². The molecule has 6 heteroatoms. The molecule has 2 atom stereocenters. The molecule has 6 nitrogen and oxygen atoms in total. The summed E-state index contributed by atoms with van der Waals surface area (Å²) in [5, 5.41) is 27.4. The van der Waals surface area contributed by atoms with Crippen LogP contribution in [0.15, 0.2) is 84.9 Å². The number of nitrogens with zero attached hydrogens (tertiary/aromatic N) is 1. The highest BCUT2D eigenvalue weighted by Gasteiger charge is 2.57. The van der Waals surface area contributed by atoms with Gasteiger partial charge in [0.25, 0.3) is 0 Å². The third-order valence-electron chi connectivity index (χ3n) is 7.88. The highest BCUT2D eigenvalue weighted by atomic mass is 16.3. The molecule has 0 bridgehead atoms. The van der Waals surface area contributed by atoms with Gasteiger partial charge in [0.05, 0.1) is 11.2 Å². The van der Waals surface area contributed by atoms with Gasteiger partial charge < -0.3 is 20.8 Å². The molecule has 202 valence electrons. The van der Waals surface area contributed by atoms with Crippen LogP contribution in [0, 0.1) is 5.41 Å². The summed E-state index contributed by atoms with van der Waals surface area (Å²) < 4.78 is 0. The van der Waals surface area contributed by atoms with E-state index in [4.69, 9.17) is 5.73 Å². The number of benzene rings is 4. The average molecular weight is 525 g/mol. The Morgan fingerprint density at radius 3 is 1.56 bits per heavy atom. The Kier molecular flexibility index (Phi) is 6.95. The first kappa shape index (κ1) is 26.9. The van der Waals surface area contributed by atoms with Crippen molar-refractivity contribution in [2.24, 2.45) is 11.1 Å². The Morgan fingerprint density at radius 1 is 0.744 bits per heavy atom. The summed E-state index contributed by atoms with van der Waals surface area (Å²) in [7, 11) is 0. The molecule has 5 rings (SSSR count). The number of fused-ring (bicyclic) bond motifs is 2. The third kappa shape index (κ3) is 5.68. The Balaban J connectivity index is 1.42. The molecule has 1 aliphatic rings. The van der Waals surface area contributed by atoms with Gasteiger partial charge in [0.1, 0.15) is 5.41 Å². The monoisotopic (exact) mass is 524 g/mol. The summed E-state index contributed by atoms with van der Waals surface area (Å²) in [4.78, 5) is 27.5. The van der Waals surface area contributed by atoms with E-state index in [2.05, 4.69) is 0 Å². The number of rotatable bonds is 10. The zero-order valence-corrected chi connectivity index (χ0v) is 22.6. The highest BCUT2D eigenvalue weighted by Crippen LogP contribution is 2.47. The zero-order valence-electron chi connectivity index (χ0n) is 22.6. The topological polar surface area (TPSA) is 104 Å². The fraction of sp³-hybridized carbons (Fsp3) is 0.333. The first-order chi connectivity index (χ1) is 18.5. The summed E-state index contributed by atoms with van der Waals surface area (Å²) in [6.45, 7) is 3.29. The van der Waals surface area contributed by atoms with Crippen molar-refractivity contribution in [3.05, 3.63) is 96.1 Å². The molecule has 0 radical (unpaired) electrons. The number of carbonyl (C=O) groups is 2. The van der Waals surface area contributed by atoms with E-state index >= 15 is 0 Å². The smallest absolute Gasteiger partial charge is 0.238 e. The van der Waals surface area contributed by atoms with E-state index in [-0.39, 0.29) is 13.1 Å². The van der Waals surface area contributed by atoms with Crippen LogP contribution in [0.4, 0.5) is 0 Å². The summed E-state index contributed by atoms with van der Waals surface area (Å²) in [6, 6.07) is 27.9. The van der Waals surface area contributed by atoms with Gasteiger partial charge in [-0.2, -0.15) is 0 Å². The molecule has 0 heterocycles. The van der Waals surface area contributed by atoms with Crippen molar-refractivity contribution in [2.75, 3.05) is 13.1 Å². The highest BCUT2D eigenvalue weighted by molar-refractivity contribution is 6.07. The van der Waals surface area contributed by atoms with Crippen molar-refractivity contribution < 1.29 is 19.8 Å². The number of amides is 2. The molecule has 2 unspecified atom stereocenters. The molecule has 0 aromatic heterocycles. The van der Waals surface area contributed by atoms with Gasteiger partial charge in [-0.25, -0.2) is 0 Å². The van der Waals surface area contributed by atoms with Crippen molar-refractivity contribution in [1.29, 1.82) is 0 Å². The minimum Gasteiger partial charge on any atom is -0.388 e. The van der Waals surface area contributed by atoms with Crippen LogP contribution < -0.4 is 5.73 Å². The van der Waals surface area contributed by atoms with E-state index in [1.165, 1.54) is 4.90 Å². The zero-order chi connectivity index (χ0) is 27.8. The Labute approximate surface area is 229 Å². The molecule has 0 aliphatic heterocycles. The van der Waals surface area contributed by atoms with Crippen LogP contribution in [-0.2, 0) is 22.4 Å². The average Bonchev–Trinajstić information content (AvgIpc) is 3.70. The molecule has 4 aromatic rings. The van der Waals surface area contributed by atoms with E-state index in [1.54, 1.807) is 13.8 Å². The quantitative estimate of drug-likeness (QED) is 0.268. The fourth-order valence-corrected chi connectivity index (χ4v) is 5.84. The predicted octanol–water partition coefficient (Wildman–Crippen LogP) is 4.37. The second-order valence-electron chi connectivity index (χ2n) is 11.7. The minimum atomic E-state index is -1.32. The molecule has 1 aliphatic carbocycles. The lowest BCUT2D eigenvalue weighted by atomic mass is 9.89. The van der Waals surface area contributed by atoms with E-state index in [9.17, 15) is 19.8 Å². The molecule has 39 heavy (non-hydrogen) atoms. The number of hydrogen-bond acceptors (Lipinski definition) is 4. The third-order valence-corrected chi connectivity index (χ3v) is 7.88. The molecule has 4 N–H and O–H groups in total. The molecule has 4 aromatic carbocycles. The second-order valence-corrected chi connectivity index (χ2v) is 11.7. The number of nitrogens with two attached hydrogens (primary N) is 1. The van der Waals surface area contributed by atoms with Gasteiger partial charge in [0.15, 0.2) is 0 Å². The lowest BCUT2D eigenvalue weighted by molar-refractivity contribution is -0.149. The fourth-order valence-electron chi connectivity index (χ4n) is 5.84. The number of carbonyl (C=O) groups excluding carboxylic acids is 2. The standard InChI is InChI=1S/C33H36N2O4/c1-31(38,19-25-13-7-11-23-9-3-5-15-27(23)25)21-35(30(37)33(17-18-33)29(34)36)22-32(2,39)20-26-14-8-12-24-10-4-6-16-28(24)26/h3-16,38-39H,17-22H2,1-2H3,(H2,34,36). The van der Waals surface area contributed by atoms with Crippen LogP contribution in [-0.4, -0.2) is 51.2 Å². The van der Waals surface area contributed by atoms with Crippen LogP contribution in [0.2, 0.25) is 0 Å². The van der Waals surface area contributed by atoms with Crippen LogP contribution in [0.1, 0.15) is 37.8 Å². The molecule has 2 amide bonds. The number of primary amides is 1. The van der Waals surface area contributed by atoms with E-state index in [0.717, 1.165) is 32.7 Å². The second kappa shape index (κ2) is 10.1. The van der Waals surface area contributed by atoms with Crippen LogP contribution in [0.5, 0.6) is 0 Å². The minimum absolute atomic E-state index is 0.0459. The Hall–Kier alpha value is -3.74. The lowest BCUT2D eigenvalue weighted by Gasteiger charge is -2.38. The van der Waals surface area contributed by atoms with E-state index < -0.39 is 28.4 Å². The largest absolute Gasteiger partial charge is 0.388 e. The van der Waals surface area contributed by atoms with Gasteiger partial charge in [-0.3, -0.25) is 9.59 Å². The summed E-state index contributed by atoms with van der Waals surface area (Å²) >= 11 is 0.